The van der Waals surface area contributed by atoms with Crippen LogP contribution in [0.2, 0.25) is 0 Å². The first-order valence-electron chi connectivity index (χ1n) is 3.95. The van der Waals surface area contributed by atoms with Crippen LogP contribution in [0.1, 0.15) is 27.2 Å². The molecular weight excluding hydrogens is 286 g/mol. The topological polar surface area (TPSA) is 29.1 Å². The van der Waals surface area contributed by atoms with E-state index in [1.165, 1.54) is 0 Å². The molecule has 0 saturated carbocycles. The normalized spacial score (nSPS) is 14.1. The molecule has 0 bridgehead atoms. The highest BCUT2D eigenvalue weighted by molar-refractivity contribution is 9.12. The summed E-state index contributed by atoms with van der Waals surface area (Å²) in [5.41, 5.74) is -0.106. The molecule has 12 heavy (non-hydrogen) atoms. The molecule has 0 spiro atoms. The Morgan fingerprint density at radius 2 is 2.08 bits per heavy atom. The van der Waals surface area contributed by atoms with Gasteiger partial charge in [-0.2, -0.15) is 0 Å². The van der Waals surface area contributed by atoms with E-state index in [9.17, 15) is 4.79 Å². The first-order valence-corrected chi connectivity index (χ1v) is 5.98. The van der Waals surface area contributed by atoms with Crippen LogP contribution in [0.4, 0.5) is 0 Å². The third kappa shape index (κ3) is 4.45. The average Bonchev–Trinajstić information content (AvgIpc) is 2.02. The van der Waals surface area contributed by atoms with Gasteiger partial charge in [-0.3, -0.25) is 4.79 Å². The lowest BCUT2D eigenvalue weighted by Crippen LogP contribution is -2.46. The molecule has 1 N–H and O–H groups in total. The van der Waals surface area contributed by atoms with Gasteiger partial charge in [0.1, 0.15) is 4.83 Å². The number of nitrogens with one attached hydrogen (secondary N) is 1. The molecule has 0 aliphatic rings. The molecule has 0 rings (SSSR count). The Morgan fingerprint density at radius 1 is 1.58 bits per heavy atom. The van der Waals surface area contributed by atoms with Gasteiger partial charge in [0.15, 0.2) is 0 Å². The number of alkyl halides is 2. The Kier molecular flexibility index (Phi) is 5.41. The maximum atomic E-state index is 11.4. The molecule has 0 radical (unpaired) electrons. The predicted octanol–water partition coefficient (Wildman–Crippen LogP) is 2.45. The van der Waals surface area contributed by atoms with Crippen LogP contribution in [0.15, 0.2) is 0 Å². The average molecular weight is 301 g/mol. The summed E-state index contributed by atoms with van der Waals surface area (Å²) < 4.78 is 0. The van der Waals surface area contributed by atoms with E-state index in [0.717, 1.165) is 6.42 Å². The Morgan fingerprint density at radius 3 is 2.42 bits per heavy atom. The highest BCUT2D eigenvalue weighted by atomic mass is 79.9. The SMILES string of the molecule is CCC(C)(C)NC(=O)C(Br)CBr. The fourth-order valence-corrected chi connectivity index (χ4v) is 0.979. The zero-order chi connectivity index (χ0) is 9.78. The van der Waals surface area contributed by atoms with Crippen molar-refractivity contribution in [3.8, 4) is 0 Å². The molecule has 0 fully saturated rings. The molecule has 72 valence electrons. The summed E-state index contributed by atoms with van der Waals surface area (Å²) in [4.78, 5) is 11.2. The van der Waals surface area contributed by atoms with Crippen LogP contribution in [0.5, 0.6) is 0 Å². The van der Waals surface area contributed by atoms with E-state index in [0.29, 0.717) is 5.33 Å². The number of carbonyl (C=O) groups is 1. The van der Waals surface area contributed by atoms with E-state index < -0.39 is 0 Å². The summed E-state index contributed by atoms with van der Waals surface area (Å²) >= 11 is 6.50. The number of rotatable bonds is 4. The van der Waals surface area contributed by atoms with E-state index in [4.69, 9.17) is 0 Å². The Bertz CT molecular complexity index is 159. The van der Waals surface area contributed by atoms with Crippen molar-refractivity contribution in [3.05, 3.63) is 0 Å². The minimum absolute atomic E-state index is 0.0405. The van der Waals surface area contributed by atoms with E-state index in [-0.39, 0.29) is 16.3 Å². The monoisotopic (exact) mass is 299 g/mol. The third-order valence-corrected chi connectivity index (χ3v) is 4.02. The molecule has 0 saturated heterocycles. The summed E-state index contributed by atoms with van der Waals surface area (Å²) in [6, 6.07) is 0. The Balaban J connectivity index is 4.00. The summed E-state index contributed by atoms with van der Waals surface area (Å²) in [5, 5.41) is 3.58. The Hall–Kier alpha value is 0.430. The quantitative estimate of drug-likeness (QED) is 0.794. The summed E-state index contributed by atoms with van der Waals surface area (Å²) in [7, 11) is 0. The molecular formula is C8H15Br2NO. The second-order valence-corrected chi connectivity index (χ2v) is 5.10. The fourth-order valence-electron chi connectivity index (χ4n) is 0.570. The van der Waals surface area contributed by atoms with Crippen LogP contribution < -0.4 is 5.32 Å². The van der Waals surface area contributed by atoms with Gasteiger partial charge in [0.2, 0.25) is 5.91 Å². The standard InChI is InChI=1S/C8H15Br2NO/c1-4-8(2,3)11-7(12)6(10)5-9/h6H,4-5H2,1-3H3,(H,11,12). The van der Waals surface area contributed by atoms with Gasteiger partial charge >= 0.3 is 0 Å². The highest BCUT2D eigenvalue weighted by Crippen LogP contribution is 2.10. The van der Waals surface area contributed by atoms with Crippen molar-refractivity contribution in [1.29, 1.82) is 0 Å². The molecule has 0 heterocycles. The van der Waals surface area contributed by atoms with Crippen molar-refractivity contribution < 1.29 is 4.79 Å². The molecule has 4 heteroatoms. The summed E-state index contributed by atoms with van der Waals surface area (Å²) in [5.74, 6) is 0.0405. The lowest BCUT2D eigenvalue weighted by molar-refractivity contribution is -0.121. The fraction of sp³-hybridized carbons (Fsp3) is 0.875. The number of hydrogen-bond acceptors (Lipinski definition) is 1. The van der Waals surface area contributed by atoms with E-state index >= 15 is 0 Å². The minimum atomic E-state index is -0.136. The molecule has 1 atom stereocenters. The Labute approximate surface area is 90.7 Å². The largest absolute Gasteiger partial charge is 0.350 e. The van der Waals surface area contributed by atoms with E-state index in [2.05, 4.69) is 44.1 Å². The molecule has 2 nitrogen and oxygen atoms in total. The lowest BCUT2D eigenvalue weighted by Gasteiger charge is -2.25. The molecule has 0 aromatic carbocycles. The van der Waals surface area contributed by atoms with Crippen LogP contribution in [-0.2, 0) is 4.79 Å². The van der Waals surface area contributed by atoms with Gasteiger partial charge < -0.3 is 5.32 Å². The van der Waals surface area contributed by atoms with Crippen molar-refractivity contribution in [2.75, 3.05) is 5.33 Å². The summed E-state index contributed by atoms with van der Waals surface area (Å²) in [6.07, 6.45) is 0.931. The molecule has 0 aromatic heterocycles. The minimum Gasteiger partial charge on any atom is -0.350 e. The predicted molar refractivity (Wildman–Crippen MR) is 59.0 cm³/mol. The van der Waals surface area contributed by atoms with Crippen molar-refractivity contribution in [1.82, 2.24) is 5.32 Å². The maximum Gasteiger partial charge on any atom is 0.235 e. The molecule has 0 aliphatic heterocycles. The second kappa shape index (κ2) is 5.22. The van der Waals surface area contributed by atoms with Gasteiger partial charge in [-0.1, -0.05) is 38.8 Å². The van der Waals surface area contributed by atoms with Crippen molar-refractivity contribution in [3.63, 3.8) is 0 Å². The smallest absolute Gasteiger partial charge is 0.235 e. The van der Waals surface area contributed by atoms with Gasteiger partial charge in [-0.25, -0.2) is 0 Å². The first-order chi connectivity index (χ1) is 5.43. The van der Waals surface area contributed by atoms with Crippen molar-refractivity contribution in [2.45, 2.75) is 37.6 Å². The van der Waals surface area contributed by atoms with Gasteiger partial charge in [0, 0.05) is 10.9 Å². The number of carbonyl (C=O) groups excluding carboxylic acids is 1. The molecule has 1 amide bonds. The van der Waals surface area contributed by atoms with Gasteiger partial charge in [-0.15, -0.1) is 0 Å². The molecule has 0 aromatic rings. The van der Waals surface area contributed by atoms with Crippen LogP contribution in [0.3, 0.4) is 0 Å². The number of halogens is 2. The second-order valence-electron chi connectivity index (χ2n) is 3.35. The summed E-state index contributed by atoms with van der Waals surface area (Å²) in [6.45, 7) is 6.08. The zero-order valence-electron chi connectivity index (χ0n) is 7.66. The first kappa shape index (κ1) is 12.4. The third-order valence-electron chi connectivity index (χ3n) is 1.77. The van der Waals surface area contributed by atoms with Gasteiger partial charge in [-0.05, 0) is 20.3 Å². The maximum absolute atomic E-state index is 11.4. The molecule has 0 aliphatic carbocycles. The van der Waals surface area contributed by atoms with Gasteiger partial charge in [0.25, 0.3) is 0 Å². The molecule has 1 unspecified atom stereocenters. The van der Waals surface area contributed by atoms with Gasteiger partial charge in [0.05, 0.1) is 0 Å². The van der Waals surface area contributed by atoms with E-state index in [1.807, 2.05) is 13.8 Å². The van der Waals surface area contributed by atoms with Crippen LogP contribution >= 0.6 is 31.9 Å². The van der Waals surface area contributed by atoms with Crippen molar-refractivity contribution >= 4 is 37.8 Å². The van der Waals surface area contributed by atoms with Crippen LogP contribution in [0.25, 0.3) is 0 Å². The van der Waals surface area contributed by atoms with Crippen molar-refractivity contribution in [2.24, 2.45) is 0 Å². The van der Waals surface area contributed by atoms with Crippen LogP contribution in [-0.4, -0.2) is 21.6 Å². The number of amides is 1. The van der Waals surface area contributed by atoms with Crippen LogP contribution in [0, 0.1) is 0 Å². The highest BCUT2D eigenvalue weighted by Gasteiger charge is 2.21. The zero-order valence-corrected chi connectivity index (χ0v) is 10.8. The lowest BCUT2D eigenvalue weighted by atomic mass is 10.0. The van der Waals surface area contributed by atoms with E-state index in [1.54, 1.807) is 0 Å². The number of hydrogen-bond donors (Lipinski definition) is 1.